The van der Waals surface area contributed by atoms with Gasteiger partial charge in [-0.2, -0.15) is 0 Å². The predicted molar refractivity (Wildman–Crippen MR) is 65.6 cm³/mol. The molecule has 0 spiro atoms. The normalized spacial score (nSPS) is 14.1. The maximum absolute atomic E-state index is 8.58. The van der Waals surface area contributed by atoms with Gasteiger partial charge in [-0.1, -0.05) is 35.5 Å². The summed E-state index contributed by atoms with van der Waals surface area (Å²) >= 11 is 0. The second-order valence-corrected chi connectivity index (χ2v) is 3.92. The fraction of sp³-hybridized carbons (Fsp3) is 0.417. The topological polar surface area (TPSA) is 61.9 Å². The third-order valence-corrected chi connectivity index (χ3v) is 2.80. The first-order valence-corrected chi connectivity index (χ1v) is 5.36. The number of likely N-dealkylation sites (N-methyl/N-ethyl adjacent to an activating group) is 1. The first kappa shape index (κ1) is 12.5. The minimum Gasteiger partial charge on any atom is -0.409 e. The minimum absolute atomic E-state index is 0.0475. The Kier molecular flexibility index (Phi) is 4.79. The Morgan fingerprint density at radius 3 is 2.62 bits per heavy atom. The number of nitrogens with zero attached hydrogens (tertiary/aromatic N) is 2. The van der Waals surface area contributed by atoms with E-state index in [0.717, 1.165) is 13.0 Å². The molecular formula is C12H19N3O. The zero-order valence-corrected chi connectivity index (χ0v) is 9.80. The van der Waals surface area contributed by atoms with Crippen LogP contribution in [0.15, 0.2) is 35.5 Å². The van der Waals surface area contributed by atoms with E-state index < -0.39 is 0 Å². The van der Waals surface area contributed by atoms with Crippen molar-refractivity contribution in [1.82, 2.24) is 4.90 Å². The highest BCUT2D eigenvalue weighted by Crippen LogP contribution is 2.03. The molecule has 0 aromatic heterocycles. The van der Waals surface area contributed by atoms with Crippen molar-refractivity contribution < 1.29 is 5.21 Å². The molecule has 0 fully saturated rings. The van der Waals surface area contributed by atoms with Crippen LogP contribution in [0.4, 0.5) is 0 Å². The molecule has 1 atom stereocenters. The van der Waals surface area contributed by atoms with Crippen LogP contribution in [0.1, 0.15) is 12.5 Å². The first-order chi connectivity index (χ1) is 7.65. The van der Waals surface area contributed by atoms with E-state index in [1.807, 2.05) is 32.2 Å². The summed E-state index contributed by atoms with van der Waals surface area (Å²) in [5.41, 5.74) is 6.84. The van der Waals surface area contributed by atoms with Crippen LogP contribution in [0.5, 0.6) is 0 Å². The van der Waals surface area contributed by atoms with Gasteiger partial charge in [-0.3, -0.25) is 4.90 Å². The van der Waals surface area contributed by atoms with E-state index in [2.05, 4.69) is 22.2 Å². The summed E-state index contributed by atoms with van der Waals surface area (Å²) in [7, 11) is 1.96. The lowest BCUT2D eigenvalue weighted by Gasteiger charge is -2.23. The molecular weight excluding hydrogens is 202 g/mol. The molecule has 4 nitrogen and oxygen atoms in total. The van der Waals surface area contributed by atoms with Crippen molar-refractivity contribution in [2.24, 2.45) is 10.9 Å². The number of amidine groups is 1. The van der Waals surface area contributed by atoms with E-state index in [4.69, 9.17) is 10.9 Å². The summed E-state index contributed by atoms with van der Waals surface area (Å²) in [5, 5.41) is 11.6. The molecule has 1 unspecified atom stereocenters. The fourth-order valence-electron chi connectivity index (χ4n) is 1.45. The quantitative estimate of drug-likeness (QED) is 0.341. The van der Waals surface area contributed by atoms with Crippen molar-refractivity contribution in [3.05, 3.63) is 35.9 Å². The molecule has 0 aliphatic carbocycles. The zero-order chi connectivity index (χ0) is 12.0. The number of oxime groups is 1. The fourth-order valence-corrected chi connectivity index (χ4v) is 1.45. The van der Waals surface area contributed by atoms with Gasteiger partial charge in [0.15, 0.2) is 5.84 Å². The lowest BCUT2D eigenvalue weighted by atomic mass is 10.1. The van der Waals surface area contributed by atoms with E-state index in [1.165, 1.54) is 5.56 Å². The van der Waals surface area contributed by atoms with Crippen LogP contribution in [0, 0.1) is 0 Å². The van der Waals surface area contributed by atoms with Gasteiger partial charge in [-0.25, -0.2) is 0 Å². The van der Waals surface area contributed by atoms with E-state index in [9.17, 15) is 0 Å². The predicted octanol–water partition coefficient (Wildman–Crippen LogP) is 1.30. The molecule has 3 N–H and O–H groups in total. The van der Waals surface area contributed by atoms with Crippen LogP contribution in [0.2, 0.25) is 0 Å². The van der Waals surface area contributed by atoms with Crippen molar-refractivity contribution in [3.63, 3.8) is 0 Å². The van der Waals surface area contributed by atoms with Gasteiger partial charge in [0.25, 0.3) is 0 Å². The molecule has 1 aromatic carbocycles. The van der Waals surface area contributed by atoms with Crippen molar-refractivity contribution in [3.8, 4) is 0 Å². The second kappa shape index (κ2) is 6.12. The number of hydrogen-bond acceptors (Lipinski definition) is 3. The van der Waals surface area contributed by atoms with Crippen molar-refractivity contribution >= 4 is 5.84 Å². The molecule has 0 radical (unpaired) electrons. The largest absolute Gasteiger partial charge is 0.409 e. The molecule has 0 saturated heterocycles. The van der Waals surface area contributed by atoms with Crippen LogP contribution in [-0.2, 0) is 6.42 Å². The van der Waals surface area contributed by atoms with Crippen molar-refractivity contribution in [2.45, 2.75) is 19.4 Å². The van der Waals surface area contributed by atoms with Crippen LogP contribution >= 0.6 is 0 Å². The summed E-state index contributed by atoms with van der Waals surface area (Å²) in [6, 6.07) is 10.2. The summed E-state index contributed by atoms with van der Waals surface area (Å²) in [6.45, 7) is 2.79. The molecule has 1 rings (SSSR count). The minimum atomic E-state index is -0.0475. The third-order valence-electron chi connectivity index (χ3n) is 2.80. The highest BCUT2D eigenvalue weighted by atomic mass is 16.4. The number of hydrogen-bond donors (Lipinski definition) is 2. The summed E-state index contributed by atoms with van der Waals surface area (Å²) < 4.78 is 0. The Morgan fingerprint density at radius 1 is 1.44 bits per heavy atom. The molecule has 0 aliphatic rings. The second-order valence-electron chi connectivity index (χ2n) is 3.92. The zero-order valence-electron chi connectivity index (χ0n) is 9.80. The monoisotopic (exact) mass is 221 g/mol. The van der Waals surface area contributed by atoms with Gasteiger partial charge >= 0.3 is 0 Å². The lowest BCUT2D eigenvalue weighted by Crippen LogP contribution is -2.41. The average molecular weight is 221 g/mol. The maximum atomic E-state index is 8.58. The van der Waals surface area contributed by atoms with Gasteiger partial charge in [-0.05, 0) is 26.0 Å². The van der Waals surface area contributed by atoms with E-state index in [1.54, 1.807) is 0 Å². The van der Waals surface area contributed by atoms with Crippen molar-refractivity contribution in [1.29, 1.82) is 0 Å². The molecule has 0 aliphatic heterocycles. The van der Waals surface area contributed by atoms with Gasteiger partial charge in [-0.15, -0.1) is 0 Å². The summed E-state index contributed by atoms with van der Waals surface area (Å²) in [5.74, 6) is 0.246. The summed E-state index contributed by atoms with van der Waals surface area (Å²) in [6.07, 6.45) is 0.959. The SMILES string of the molecule is CC(C(N)=NO)N(C)CCc1ccccc1. The molecule has 0 bridgehead atoms. The van der Waals surface area contributed by atoms with Crippen molar-refractivity contribution in [2.75, 3.05) is 13.6 Å². The van der Waals surface area contributed by atoms with Gasteiger partial charge < -0.3 is 10.9 Å². The van der Waals surface area contributed by atoms with E-state index >= 15 is 0 Å². The molecule has 1 aromatic rings. The van der Waals surface area contributed by atoms with Gasteiger partial charge in [0.2, 0.25) is 0 Å². The Balaban J connectivity index is 2.44. The summed E-state index contributed by atoms with van der Waals surface area (Å²) in [4.78, 5) is 2.06. The maximum Gasteiger partial charge on any atom is 0.156 e. The number of rotatable bonds is 5. The van der Waals surface area contributed by atoms with E-state index in [-0.39, 0.29) is 11.9 Å². The smallest absolute Gasteiger partial charge is 0.156 e. The molecule has 0 saturated carbocycles. The Morgan fingerprint density at radius 2 is 2.06 bits per heavy atom. The molecule has 88 valence electrons. The number of nitrogens with two attached hydrogens (primary N) is 1. The lowest BCUT2D eigenvalue weighted by molar-refractivity contribution is 0.286. The Labute approximate surface area is 96.4 Å². The standard InChI is InChI=1S/C12H19N3O/c1-10(12(13)14-16)15(2)9-8-11-6-4-3-5-7-11/h3-7,10,16H,8-9H2,1-2H3,(H2,13,14). The Hall–Kier alpha value is -1.55. The molecule has 0 amide bonds. The van der Waals surface area contributed by atoms with E-state index in [0.29, 0.717) is 0 Å². The highest BCUT2D eigenvalue weighted by molar-refractivity contribution is 5.84. The molecule has 16 heavy (non-hydrogen) atoms. The van der Waals surface area contributed by atoms with Crippen LogP contribution in [0.3, 0.4) is 0 Å². The van der Waals surface area contributed by atoms with Gasteiger partial charge in [0.1, 0.15) is 0 Å². The first-order valence-electron chi connectivity index (χ1n) is 5.36. The third kappa shape index (κ3) is 3.55. The molecule has 0 heterocycles. The van der Waals surface area contributed by atoms with Crippen LogP contribution in [-0.4, -0.2) is 35.6 Å². The van der Waals surface area contributed by atoms with Gasteiger partial charge in [0, 0.05) is 6.54 Å². The average Bonchev–Trinajstić information content (AvgIpc) is 2.35. The van der Waals surface area contributed by atoms with Crippen LogP contribution < -0.4 is 5.73 Å². The molecule has 4 heteroatoms. The number of benzene rings is 1. The van der Waals surface area contributed by atoms with Crippen LogP contribution in [0.25, 0.3) is 0 Å². The Bertz CT molecular complexity index is 337. The highest BCUT2D eigenvalue weighted by Gasteiger charge is 2.13. The van der Waals surface area contributed by atoms with Gasteiger partial charge in [0.05, 0.1) is 6.04 Å².